The first-order chi connectivity index (χ1) is 12.4. The van der Waals surface area contributed by atoms with Crippen molar-refractivity contribution in [3.63, 3.8) is 0 Å². The Labute approximate surface area is 154 Å². The third-order valence-electron chi connectivity index (χ3n) is 4.53. The zero-order valence-corrected chi connectivity index (χ0v) is 15.6. The summed E-state index contributed by atoms with van der Waals surface area (Å²) in [5, 5.41) is 3.06. The van der Waals surface area contributed by atoms with Crippen molar-refractivity contribution in [2.75, 3.05) is 17.1 Å². The van der Waals surface area contributed by atoms with Crippen LogP contribution in [0.2, 0.25) is 0 Å². The van der Waals surface area contributed by atoms with E-state index >= 15 is 0 Å². The summed E-state index contributed by atoms with van der Waals surface area (Å²) in [6, 6.07) is 11.1. The Kier molecular flexibility index (Phi) is 5.56. The lowest BCUT2D eigenvalue weighted by atomic mass is 9.97. The number of hydrogen-bond donors (Lipinski definition) is 1. The highest BCUT2D eigenvalue weighted by Crippen LogP contribution is 2.35. The summed E-state index contributed by atoms with van der Waals surface area (Å²) in [6.07, 6.45) is 7.32. The van der Waals surface area contributed by atoms with Crippen molar-refractivity contribution in [3.8, 4) is 0 Å². The number of aromatic nitrogens is 1. The Balaban J connectivity index is 1.62. The van der Waals surface area contributed by atoms with Crippen LogP contribution in [0.1, 0.15) is 36.4 Å². The maximum absolute atomic E-state index is 12.3. The number of rotatable bonds is 6. The molecule has 1 aliphatic heterocycles. The Morgan fingerprint density at radius 3 is 2.81 bits per heavy atom. The zero-order chi connectivity index (χ0) is 18.6. The van der Waals surface area contributed by atoms with Crippen molar-refractivity contribution >= 4 is 21.6 Å². The minimum absolute atomic E-state index is 0.0125. The number of pyridine rings is 1. The first-order valence-corrected chi connectivity index (χ1v) is 10.5. The zero-order valence-electron chi connectivity index (χ0n) is 14.8. The molecule has 0 radical (unpaired) electrons. The van der Waals surface area contributed by atoms with Gasteiger partial charge in [-0.1, -0.05) is 24.3 Å². The number of fused-ring (bicyclic) bond motifs is 1. The SMILES string of the molecule is CS(=O)(=O)N1CCC(NC(=O)CCCc2cccnc2)c2ccccc21. The van der Waals surface area contributed by atoms with Crippen LogP contribution in [0.4, 0.5) is 5.69 Å². The monoisotopic (exact) mass is 373 g/mol. The third-order valence-corrected chi connectivity index (χ3v) is 5.71. The van der Waals surface area contributed by atoms with E-state index in [2.05, 4.69) is 10.3 Å². The molecule has 0 aliphatic carbocycles. The van der Waals surface area contributed by atoms with Gasteiger partial charge >= 0.3 is 0 Å². The summed E-state index contributed by atoms with van der Waals surface area (Å²) in [5.41, 5.74) is 2.62. The highest BCUT2D eigenvalue weighted by Gasteiger charge is 2.30. The Morgan fingerprint density at radius 1 is 1.27 bits per heavy atom. The van der Waals surface area contributed by atoms with E-state index in [9.17, 15) is 13.2 Å². The Bertz CT molecular complexity index is 869. The number of carbonyl (C=O) groups excluding carboxylic acids is 1. The van der Waals surface area contributed by atoms with E-state index in [-0.39, 0.29) is 11.9 Å². The number of amides is 1. The van der Waals surface area contributed by atoms with E-state index in [4.69, 9.17) is 0 Å². The molecule has 0 saturated heterocycles. The van der Waals surface area contributed by atoms with Crippen molar-refractivity contribution in [2.45, 2.75) is 31.7 Å². The van der Waals surface area contributed by atoms with Gasteiger partial charge in [-0.05, 0) is 42.5 Å². The quantitative estimate of drug-likeness (QED) is 0.843. The van der Waals surface area contributed by atoms with Crippen molar-refractivity contribution in [1.82, 2.24) is 10.3 Å². The lowest BCUT2D eigenvalue weighted by Gasteiger charge is -2.34. The van der Waals surface area contributed by atoms with Gasteiger partial charge in [0.25, 0.3) is 0 Å². The van der Waals surface area contributed by atoms with Crippen LogP contribution >= 0.6 is 0 Å². The lowest BCUT2D eigenvalue weighted by molar-refractivity contribution is -0.122. The second kappa shape index (κ2) is 7.86. The predicted molar refractivity (Wildman–Crippen MR) is 101 cm³/mol. The maximum Gasteiger partial charge on any atom is 0.232 e. The molecule has 0 spiro atoms. The molecule has 1 atom stereocenters. The molecule has 0 saturated carbocycles. The van der Waals surface area contributed by atoms with Gasteiger partial charge in [-0.2, -0.15) is 0 Å². The number of sulfonamides is 1. The molecule has 138 valence electrons. The van der Waals surface area contributed by atoms with Crippen LogP contribution in [0.5, 0.6) is 0 Å². The summed E-state index contributed by atoms with van der Waals surface area (Å²) in [5.74, 6) is -0.0125. The van der Waals surface area contributed by atoms with E-state index < -0.39 is 10.0 Å². The van der Waals surface area contributed by atoms with E-state index in [1.54, 1.807) is 12.3 Å². The second-order valence-electron chi connectivity index (χ2n) is 6.52. The van der Waals surface area contributed by atoms with Crippen LogP contribution in [-0.4, -0.2) is 32.1 Å². The molecular formula is C19H23N3O3S. The number of carbonyl (C=O) groups is 1. The number of aryl methyl sites for hydroxylation is 1. The molecule has 1 N–H and O–H groups in total. The number of nitrogens with zero attached hydrogens (tertiary/aromatic N) is 2. The molecule has 2 aromatic rings. The average Bonchev–Trinajstić information content (AvgIpc) is 2.62. The third kappa shape index (κ3) is 4.40. The van der Waals surface area contributed by atoms with Crippen LogP contribution in [0.15, 0.2) is 48.8 Å². The lowest BCUT2D eigenvalue weighted by Crippen LogP contribution is -2.40. The van der Waals surface area contributed by atoms with Gasteiger partial charge in [0.1, 0.15) is 0 Å². The molecule has 1 unspecified atom stereocenters. The van der Waals surface area contributed by atoms with Gasteiger partial charge in [-0.3, -0.25) is 14.1 Å². The standard InChI is InChI=1S/C19H23N3O3S/c1-26(24,25)22-13-11-17(16-8-2-3-9-18(16)22)21-19(23)10-4-6-15-7-5-12-20-14-15/h2-3,5,7-9,12,14,17H,4,6,10-11,13H2,1H3,(H,21,23). The van der Waals surface area contributed by atoms with Gasteiger partial charge in [0.15, 0.2) is 0 Å². The fraction of sp³-hybridized carbons (Fsp3) is 0.368. The topological polar surface area (TPSA) is 79.4 Å². The van der Waals surface area contributed by atoms with Crippen LogP contribution < -0.4 is 9.62 Å². The summed E-state index contributed by atoms with van der Waals surface area (Å²) in [7, 11) is -3.32. The van der Waals surface area contributed by atoms with E-state index in [1.807, 2.05) is 36.5 Å². The van der Waals surface area contributed by atoms with E-state index in [1.165, 1.54) is 10.6 Å². The van der Waals surface area contributed by atoms with Crippen LogP contribution in [0.25, 0.3) is 0 Å². The molecule has 1 aliphatic rings. The van der Waals surface area contributed by atoms with Gasteiger partial charge in [0.05, 0.1) is 18.0 Å². The molecule has 2 heterocycles. The number of hydrogen-bond acceptors (Lipinski definition) is 4. The van der Waals surface area contributed by atoms with Gasteiger partial charge in [0.2, 0.25) is 15.9 Å². The maximum atomic E-state index is 12.3. The van der Waals surface area contributed by atoms with Crippen molar-refractivity contribution in [1.29, 1.82) is 0 Å². The number of benzene rings is 1. The van der Waals surface area contributed by atoms with E-state index in [0.29, 0.717) is 25.1 Å². The number of para-hydroxylation sites is 1. The molecule has 1 aromatic carbocycles. The molecule has 1 aromatic heterocycles. The highest BCUT2D eigenvalue weighted by molar-refractivity contribution is 7.92. The second-order valence-corrected chi connectivity index (χ2v) is 8.42. The Morgan fingerprint density at radius 2 is 2.08 bits per heavy atom. The van der Waals surface area contributed by atoms with Crippen LogP contribution in [0, 0.1) is 0 Å². The van der Waals surface area contributed by atoms with Crippen molar-refractivity contribution < 1.29 is 13.2 Å². The fourth-order valence-electron chi connectivity index (χ4n) is 3.29. The van der Waals surface area contributed by atoms with Gasteiger partial charge < -0.3 is 5.32 Å². The minimum atomic E-state index is -3.32. The summed E-state index contributed by atoms with van der Waals surface area (Å²) in [4.78, 5) is 16.4. The molecule has 0 fully saturated rings. The van der Waals surface area contributed by atoms with Crippen LogP contribution in [-0.2, 0) is 21.2 Å². The predicted octanol–water partition coefficient (Wildman–Crippen LogP) is 2.43. The smallest absolute Gasteiger partial charge is 0.232 e. The largest absolute Gasteiger partial charge is 0.349 e. The summed E-state index contributed by atoms with van der Waals surface area (Å²) < 4.78 is 25.4. The van der Waals surface area contributed by atoms with Gasteiger partial charge in [-0.25, -0.2) is 8.42 Å². The Hall–Kier alpha value is -2.41. The molecule has 6 nitrogen and oxygen atoms in total. The van der Waals surface area contributed by atoms with Crippen molar-refractivity contribution in [2.24, 2.45) is 0 Å². The summed E-state index contributed by atoms with van der Waals surface area (Å²) in [6.45, 7) is 0.372. The molecular weight excluding hydrogens is 350 g/mol. The van der Waals surface area contributed by atoms with Gasteiger partial charge in [0, 0.05) is 25.4 Å². The molecule has 26 heavy (non-hydrogen) atoms. The fourth-order valence-corrected chi connectivity index (χ4v) is 4.25. The molecule has 7 heteroatoms. The highest BCUT2D eigenvalue weighted by atomic mass is 32.2. The van der Waals surface area contributed by atoms with E-state index in [0.717, 1.165) is 24.0 Å². The molecule has 0 bridgehead atoms. The van der Waals surface area contributed by atoms with Crippen molar-refractivity contribution in [3.05, 3.63) is 59.9 Å². The normalized spacial score (nSPS) is 16.8. The number of anilines is 1. The summed E-state index contributed by atoms with van der Waals surface area (Å²) >= 11 is 0. The molecule has 3 rings (SSSR count). The first-order valence-electron chi connectivity index (χ1n) is 8.70. The minimum Gasteiger partial charge on any atom is -0.349 e. The van der Waals surface area contributed by atoms with Gasteiger partial charge in [-0.15, -0.1) is 0 Å². The molecule has 1 amide bonds. The average molecular weight is 373 g/mol. The van der Waals surface area contributed by atoms with Crippen LogP contribution in [0.3, 0.4) is 0 Å². The first kappa shape index (κ1) is 18.4. The number of nitrogens with one attached hydrogen (secondary N) is 1.